The van der Waals surface area contributed by atoms with E-state index in [0.717, 1.165) is 6.92 Å². The highest BCUT2D eigenvalue weighted by molar-refractivity contribution is 6.33. The third-order valence-electron chi connectivity index (χ3n) is 3.99. The second-order valence-electron chi connectivity index (χ2n) is 6.00. The van der Waals surface area contributed by atoms with Crippen molar-refractivity contribution in [2.75, 3.05) is 6.61 Å². The molecule has 0 N–H and O–H groups in total. The van der Waals surface area contributed by atoms with Crippen molar-refractivity contribution in [3.63, 3.8) is 0 Å². The van der Waals surface area contributed by atoms with E-state index in [9.17, 15) is 9.59 Å². The summed E-state index contributed by atoms with van der Waals surface area (Å²) in [5.74, 6) is -1.25. The molecule has 1 aliphatic heterocycles. The van der Waals surface area contributed by atoms with Crippen molar-refractivity contribution in [1.82, 2.24) is 19.5 Å². The number of alkyl halides is 1. The Labute approximate surface area is 152 Å². The summed E-state index contributed by atoms with van der Waals surface area (Å²) in [7, 11) is 0. The van der Waals surface area contributed by atoms with Gasteiger partial charge >= 0.3 is 11.9 Å². The van der Waals surface area contributed by atoms with Gasteiger partial charge in [0.15, 0.2) is 28.8 Å². The summed E-state index contributed by atoms with van der Waals surface area (Å²) in [5.41, 5.74) is -1.61. The quantitative estimate of drug-likeness (QED) is 0.576. The lowest BCUT2D eigenvalue weighted by Gasteiger charge is -2.27. The highest BCUT2D eigenvalue weighted by Gasteiger charge is 2.58. The second-order valence-corrected chi connectivity index (χ2v) is 6.36. The minimum absolute atomic E-state index is 0.111. The zero-order valence-corrected chi connectivity index (χ0v) is 14.9. The maximum atomic E-state index is 15.6. The van der Waals surface area contributed by atoms with Gasteiger partial charge in [0, 0.05) is 13.8 Å². The molecule has 1 saturated heterocycles. The fourth-order valence-corrected chi connectivity index (χ4v) is 3.08. The van der Waals surface area contributed by atoms with E-state index in [4.69, 9.17) is 25.8 Å². The van der Waals surface area contributed by atoms with Gasteiger partial charge in [0.25, 0.3) is 0 Å². The van der Waals surface area contributed by atoms with Crippen LogP contribution in [0.3, 0.4) is 0 Å². The van der Waals surface area contributed by atoms with Gasteiger partial charge in [-0.25, -0.2) is 19.3 Å². The maximum Gasteiger partial charge on any atom is 0.303 e. The zero-order valence-electron chi connectivity index (χ0n) is 14.2. The predicted molar refractivity (Wildman–Crippen MR) is 85.9 cm³/mol. The fourth-order valence-electron chi connectivity index (χ4n) is 2.90. The standard InChI is InChI=1S/C15H16ClFN4O5/c1-7(22)24-4-9-11(25-8(2)23)15(3,17)14(26-9)21-6-20-10-12(16)18-5-19-13(10)21/h5-6,9,11,14H,4H2,1-3H3/t9?,11-,14+,15?/m0/s1. The van der Waals surface area contributed by atoms with E-state index >= 15 is 4.39 Å². The maximum absolute atomic E-state index is 15.6. The summed E-state index contributed by atoms with van der Waals surface area (Å²) in [4.78, 5) is 34.5. The molecule has 2 aromatic heterocycles. The predicted octanol–water partition coefficient (Wildman–Crippen LogP) is 1.60. The van der Waals surface area contributed by atoms with Gasteiger partial charge in [0.05, 0.1) is 6.33 Å². The van der Waals surface area contributed by atoms with Crippen LogP contribution in [0.2, 0.25) is 5.15 Å². The molecule has 140 valence electrons. The number of carbonyl (C=O) groups excluding carboxylic acids is 2. The first kappa shape index (κ1) is 18.5. The molecule has 1 fully saturated rings. The van der Waals surface area contributed by atoms with E-state index in [1.807, 2.05) is 0 Å². The molecule has 26 heavy (non-hydrogen) atoms. The molecule has 3 heterocycles. The first-order chi connectivity index (χ1) is 12.2. The molecule has 11 heteroatoms. The number of hydrogen-bond acceptors (Lipinski definition) is 8. The van der Waals surface area contributed by atoms with Crippen LogP contribution in [0.5, 0.6) is 0 Å². The molecular weight excluding hydrogens is 371 g/mol. The molecule has 0 bridgehead atoms. The number of fused-ring (bicyclic) bond motifs is 1. The number of hydrogen-bond donors (Lipinski definition) is 0. The Bertz CT molecular complexity index is 858. The average molecular weight is 387 g/mol. The van der Waals surface area contributed by atoms with Gasteiger partial charge in [0.1, 0.15) is 24.6 Å². The molecule has 0 aromatic carbocycles. The number of rotatable bonds is 4. The van der Waals surface area contributed by atoms with E-state index in [-0.39, 0.29) is 22.9 Å². The number of nitrogens with zero attached hydrogens (tertiary/aromatic N) is 4. The molecular formula is C15H16ClFN4O5. The Kier molecular flexibility index (Phi) is 4.80. The summed E-state index contributed by atoms with van der Waals surface area (Å²) in [6, 6.07) is 0. The van der Waals surface area contributed by atoms with Crippen LogP contribution in [0.1, 0.15) is 27.0 Å². The lowest BCUT2D eigenvalue weighted by atomic mass is 9.98. The molecule has 2 aromatic rings. The summed E-state index contributed by atoms with van der Waals surface area (Å²) in [6.45, 7) is 3.33. The lowest BCUT2D eigenvalue weighted by molar-refractivity contribution is -0.158. The van der Waals surface area contributed by atoms with Crippen LogP contribution in [0.15, 0.2) is 12.7 Å². The van der Waals surface area contributed by atoms with Crippen LogP contribution in [-0.4, -0.2) is 55.9 Å². The van der Waals surface area contributed by atoms with E-state index in [1.54, 1.807) is 0 Å². The largest absolute Gasteiger partial charge is 0.463 e. The monoisotopic (exact) mass is 386 g/mol. The van der Waals surface area contributed by atoms with Gasteiger partial charge in [0.2, 0.25) is 0 Å². The van der Waals surface area contributed by atoms with Crippen LogP contribution in [-0.2, 0) is 23.8 Å². The average Bonchev–Trinajstić information content (AvgIpc) is 3.06. The minimum Gasteiger partial charge on any atom is -0.463 e. The van der Waals surface area contributed by atoms with Gasteiger partial charge in [-0.1, -0.05) is 11.6 Å². The Balaban J connectivity index is 1.99. The molecule has 0 radical (unpaired) electrons. The van der Waals surface area contributed by atoms with Crippen molar-refractivity contribution < 1.29 is 28.2 Å². The van der Waals surface area contributed by atoms with E-state index < -0.39 is 36.0 Å². The number of carbonyl (C=O) groups is 2. The SMILES string of the molecule is CC(=O)OCC1O[C@@H](n2cnc3c(Cl)ncnc32)C(C)(F)[C@H]1OC(C)=O. The van der Waals surface area contributed by atoms with Crippen LogP contribution < -0.4 is 0 Å². The molecule has 0 aliphatic carbocycles. The van der Waals surface area contributed by atoms with Crippen molar-refractivity contribution in [3.8, 4) is 0 Å². The van der Waals surface area contributed by atoms with E-state index in [2.05, 4.69) is 15.0 Å². The summed E-state index contributed by atoms with van der Waals surface area (Å²) in [5, 5.41) is 0.111. The second kappa shape index (κ2) is 6.76. The number of aromatic nitrogens is 4. The normalized spacial score (nSPS) is 28.3. The Hall–Kier alpha value is -2.33. The van der Waals surface area contributed by atoms with Gasteiger partial charge in [-0.3, -0.25) is 14.2 Å². The van der Waals surface area contributed by atoms with Crippen LogP contribution in [0, 0.1) is 0 Å². The number of ether oxygens (including phenoxy) is 3. The smallest absolute Gasteiger partial charge is 0.303 e. The first-order valence-corrected chi connectivity index (χ1v) is 8.07. The summed E-state index contributed by atoms with van der Waals surface area (Å²) in [6.07, 6.45) is -1.000. The summed E-state index contributed by atoms with van der Waals surface area (Å²) < 4.78 is 32.7. The molecule has 0 amide bonds. The number of esters is 2. The highest BCUT2D eigenvalue weighted by atomic mass is 35.5. The molecule has 2 unspecified atom stereocenters. The van der Waals surface area contributed by atoms with Gasteiger partial charge in [-0.05, 0) is 6.92 Å². The van der Waals surface area contributed by atoms with Gasteiger partial charge in [-0.15, -0.1) is 0 Å². The topological polar surface area (TPSA) is 105 Å². The minimum atomic E-state index is -2.15. The van der Waals surface area contributed by atoms with Crippen LogP contribution in [0.25, 0.3) is 11.2 Å². The third kappa shape index (κ3) is 3.21. The third-order valence-corrected chi connectivity index (χ3v) is 4.27. The molecule has 1 aliphatic rings. The van der Waals surface area contributed by atoms with Crippen molar-refractivity contribution in [1.29, 1.82) is 0 Å². The molecule has 0 saturated carbocycles. The Morgan fingerprint density at radius 3 is 2.73 bits per heavy atom. The molecule has 4 atom stereocenters. The number of halogens is 2. The Morgan fingerprint density at radius 2 is 2.08 bits per heavy atom. The first-order valence-electron chi connectivity index (χ1n) is 7.69. The number of imidazole rings is 1. The molecule has 0 spiro atoms. The van der Waals surface area contributed by atoms with E-state index in [1.165, 1.54) is 31.1 Å². The van der Waals surface area contributed by atoms with Crippen LogP contribution in [0.4, 0.5) is 4.39 Å². The van der Waals surface area contributed by atoms with Crippen molar-refractivity contribution in [2.24, 2.45) is 0 Å². The lowest BCUT2D eigenvalue weighted by Crippen LogP contribution is -2.44. The molecule has 3 rings (SSSR count). The van der Waals surface area contributed by atoms with Crippen LogP contribution >= 0.6 is 11.6 Å². The Morgan fingerprint density at radius 1 is 1.35 bits per heavy atom. The van der Waals surface area contributed by atoms with Crippen molar-refractivity contribution >= 4 is 34.7 Å². The van der Waals surface area contributed by atoms with Gasteiger partial charge in [-0.2, -0.15) is 0 Å². The molecule has 9 nitrogen and oxygen atoms in total. The fraction of sp³-hybridized carbons (Fsp3) is 0.533. The highest BCUT2D eigenvalue weighted by Crippen LogP contribution is 2.44. The summed E-state index contributed by atoms with van der Waals surface area (Å²) >= 11 is 5.97. The zero-order chi connectivity index (χ0) is 19.1. The van der Waals surface area contributed by atoms with Gasteiger partial charge < -0.3 is 14.2 Å². The van der Waals surface area contributed by atoms with Crippen molar-refractivity contribution in [3.05, 3.63) is 17.8 Å². The van der Waals surface area contributed by atoms with Crippen molar-refractivity contribution in [2.45, 2.75) is 44.9 Å². The van der Waals surface area contributed by atoms with E-state index in [0.29, 0.717) is 0 Å².